The summed E-state index contributed by atoms with van der Waals surface area (Å²) in [6.45, 7) is 0. The maximum Gasteiger partial charge on any atom is 0.135 e. The van der Waals surface area contributed by atoms with Crippen molar-refractivity contribution in [2.24, 2.45) is 0 Å². The summed E-state index contributed by atoms with van der Waals surface area (Å²) >= 11 is 0. The Kier molecular flexibility index (Phi) is 8.31. The van der Waals surface area contributed by atoms with E-state index < -0.39 is 0 Å². The maximum atomic E-state index is 6.62. The minimum Gasteiger partial charge on any atom is -0.460 e. The zero-order valence-electron chi connectivity index (χ0n) is 33.3. The molecule has 2 heterocycles. The first-order chi connectivity index (χ1) is 30.2. The first-order valence-electron chi connectivity index (χ1n) is 21.0. The van der Waals surface area contributed by atoms with Gasteiger partial charge in [-0.15, -0.1) is 0 Å². The Morgan fingerprint density at radius 1 is 0.459 bits per heavy atom. The average molecular weight is 782 g/mol. The van der Waals surface area contributed by atoms with Crippen molar-refractivity contribution in [2.75, 3.05) is 4.90 Å². The van der Waals surface area contributed by atoms with E-state index in [4.69, 9.17) is 9.15 Å². The van der Waals surface area contributed by atoms with Crippen LogP contribution >= 0.6 is 0 Å². The highest BCUT2D eigenvalue weighted by atomic mass is 16.5. The highest BCUT2D eigenvalue weighted by Gasteiger charge is 2.33. The molecule has 0 spiro atoms. The summed E-state index contributed by atoms with van der Waals surface area (Å²) in [5, 5.41) is 4.69. The van der Waals surface area contributed by atoms with E-state index in [1.807, 2.05) is 12.1 Å². The summed E-state index contributed by atoms with van der Waals surface area (Å²) in [5.74, 6) is 2.21. The van der Waals surface area contributed by atoms with Crippen LogP contribution in [0.2, 0.25) is 0 Å². The van der Waals surface area contributed by atoms with Crippen LogP contribution < -0.4 is 9.64 Å². The first-order valence-corrected chi connectivity index (χ1v) is 21.0. The van der Waals surface area contributed by atoms with Crippen LogP contribution in [0.4, 0.5) is 17.1 Å². The van der Waals surface area contributed by atoms with Crippen LogP contribution in [0.25, 0.3) is 71.7 Å². The van der Waals surface area contributed by atoms with Crippen LogP contribution in [0.3, 0.4) is 0 Å². The zero-order valence-corrected chi connectivity index (χ0v) is 33.3. The van der Waals surface area contributed by atoms with E-state index in [0.717, 1.165) is 84.8 Å². The smallest absolute Gasteiger partial charge is 0.135 e. The molecule has 0 N–H and O–H groups in total. The molecule has 10 aromatic rings. The van der Waals surface area contributed by atoms with Crippen molar-refractivity contribution in [2.45, 2.75) is 12.3 Å². The zero-order chi connectivity index (χ0) is 40.3. The van der Waals surface area contributed by atoms with Crippen molar-refractivity contribution in [1.29, 1.82) is 0 Å². The second-order valence-corrected chi connectivity index (χ2v) is 15.9. The van der Waals surface area contributed by atoms with E-state index in [9.17, 15) is 0 Å². The van der Waals surface area contributed by atoms with E-state index in [1.54, 1.807) is 0 Å². The number of benzene rings is 9. The quantitative estimate of drug-likeness (QED) is 0.161. The molecule has 2 aliphatic rings. The van der Waals surface area contributed by atoms with Crippen LogP contribution in [0, 0.1) is 0 Å². The molecule has 1 aliphatic carbocycles. The molecular formula is C58H39NO2. The molecule has 0 saturated carbocycles. The number of nitrogens with zero attached hydrogens (tertiary/aromatic N) is 1. The highest BCUT2D eigenvalue weighted by Crippen LogP contribution is 2.49. The van der Waals surface area contributed by atoms with Gasteiger partial charge in [0.05, 0.1) is 5.69 Å². The molecule has 0 bridgehead atoms. The topological polar surface area (TPSA) is 25.6 Å². The summed E-state index contributed by atoms with van der Waals surface area (Å²) in [4.78, 5) is 2.42. The number of anilines is 3. The molecule has 1 aliphatic heterocycles. The summed E-state index contributed by atoms with van der Waals surface area (Å²) in [6.07, 6.45) is 5.47. The Labute approximate surface area is 354 Å². The minimum absolute atomic E-state index is 0.216. The number of para-hydroxylation sites is 3. The van der Waals surface area contributed by atoms with Crippen molar-refractivity contribution in [3.63, 3.8) is 0 Å². The number of fused-ring (bicyclic) bond motifs is 7. The number of furan rings is 1. The highest BCUT2D eigenvalue weighted by molar-refractivity contribution is 6.09. The van der Waals surface area contributed by atoms with Gasteiger partial charge in [-0.2, -0.15) is 0 Å². The normalized spacial score (nSPS) is 14.3. The molecule has 288 valence electrons. The first kappa shape index (κ1) is 35.1. The number of rotatable bonds is 7. The fourth-order valence-corrected chi connectivity index (χ4v) is 9.58. The van der Waals surface area contributed by atoms with Gasteiger partial charge in [-0.1, -0.05) is 164 Å². The minimum atomic E-state index is 0.216. The van der Waals surface area contributed by atoms with E-state index >= 15 is 0 Å². The SMILES string of the molecule is C1=CC(c2cccc(N(c3ccc(-c4ccc5oc6ccccc6c5c4)cc3)c3ccccc3-c3cccc4cccc(-c5ccccc5)c34)c2)=C2Oc3ccccc3C2C1. The van der Waals surface area contributed by atoms with Crippen molar-refractivity contribution >= 4 is 55.3 Å². The fraction of sp³-hybridized carbons (Fsp3) is 0.0345. The molecule has 1 unspecified atom stereocenters. The van der Waals surface area contributed by atoms with Crippen molar-refractivity contribution in [1.82, 2.24) is 0 Å². The van der Waals surface area contributed by atoms with Gasteiger partial charge in [-0.3, -0.25) is 0 Å². The Balaban J connectivity index is 1.03. The molecule has 9 aromatic carbocycles. The summed E-state index contributed by atoms with van der Waals surface area (Å²) in [7, 11) is 0. The maximum absolute atomic E-state index is 6.62. The number of hydrogen-bond donors (Lipinski definition) is 0. The molecule has 3 nitrogen and oxygen atoms in total. The Morgan fingerprint density at radius 3 is 2.07 bits per heavy atom. The average Bonchev–Trinajstić information content (AvgIpc) is 3.90. The monoisotopic (exact) mass is 781 g/mol. The van der Waals surface area contributed by atoms with Crippen LogP contribution in [0.15, 0.2) is 229 Å². The lowest BCUT2D eigenvalue weighted by Crippen LogP contribution is -2.12. The van der Waals surface area contributed by atoms with Gasteiger partial charge in [-0.25, -0.2) is 0 Å². The van der Waals surface area contributed by atoms with Crippen LogP contribution in [-0.2, 0) is 0 Å². The molecular weight excluding hydrogens is 743 g/mol. The van der Waals surface area contributed by atoms with Crippen LogP contribution in [-0.4, -0.2) is 0 Å². The molecule has 3 heteroatoms. The van der Waals surface area contributed by atoms with Gasteiger partial charge in [0.2, 0.25) is 0 Å². The van der Waals surface area contributed by atoms with Gasteiger partial charge in [0, 0.05) is 44.8 Å². The number of ether oxygens (including phenoxy) is 1. The van der Waals surface area contributed by atoms with E-state index in [2.05, 4.69) is 211 Å². The predicted molar refractivity (Wildman–Crippen MR) is 253 cm³/mol. The lowest BCUT2D eigenvalue weighted by molar-refractivity contribution is 0.429. The summed E-state index contributed by atoms with van der Waals surface area (Å²) in [6, 6.07) is 74.0. The third-order valence-electron chi connectivity index (χ3n) is 12.4. The van der Waals surface area contributed by atoms with Gasteiger partial charge in [0.15, 0.2) is 0 Å². The van der Waals surface area contributed by atoms with E-state index in [-0.39, 0.29) is 5.92 Å². The third-order valence-corrected chi connectivity index (χ3v) is 12.4. The lowest BCUT2D eigenvalue weighted by atomic mass is 9.87. The Bertz CT molecular complexity index is 3370. The second-order valence-electron chi connectivity index (χ2n) is 15.9. The molecule has 1 atom stereocenters. The molecule has 1 aromatic heterocycles. The standard InChI is InChI=1S/C58H39NO2/c1-2-14-39(15-3-1)45-23-11-16-40-17-12-25-50(57(40)45)47-20-4-7-27-53(47)59(43-33-30-38(31-34-43)41-32-35-56-52(37-41)49-22-6-8-28-54(49)60-56)44-19-10-18-42(36-44)46-24-13-26-51-48-21-5-9-29-55(48)61-58(46)51/h1-25,27-37,51H,26H2. The van der Waals surface area contributed by atoms with Crippen molar-refractivity contribution in [3.8, 4) is 39.1 Å². The molecule has 0 saturated heterocycles. The van der Waals surface area contributed by atoms with E-state index in [1.165, 1.54) is 33.0 Å². The number of hydrogen-bond acceptors (Lipinski definition) is 3. The third kappa shape index (κ3) is 5.97. The van der Waals surface area contributed by atoms with Crippen LogP contribution in [0.1, 0.15) is 23.5 Å². The van der Waals surface area contributed by atoms with Gasteiger partial charge < -0.3 is 14.1 Å². The largest absolute Gasteiger partial charge is 0.460 e. The Hall–Kier alpha value is -7.88. The summed E-state index contributed by atoms with van der Waals surface area (Å²) < 4.78 is 12.8. The molecule has 0 amide bonds. The fourth-order valence-electron chi connectivity index (χ4n) is 9.58. The number of allylic oxidation sites excluding steroid dienone is 4. The molecule has 12 rings (SSSR count). The molecule has 61 heavy (non-hydrogen) atoms. The van der Waals surface area contributed by atoms with Crippen molar-refractivity contribution < 1.29 is 9.15 Å². The van der Waals surface area contributed by atoms with Gasteiger partial charge in [0.1, 0.15) is 22.7 Å². The van der Waals surface area contributed by atoms with Gasteiger partial charge in [-0.05, 0) is 105 Å². The Morgan fingerprint density at radius 2 is 1.16 bits per heavy atom. The van der Waals surface area contributed by atoms with Gasteiger partial charge >= 0.3 is 0 Å². The van der Waals surface area contributed by atoms with E-state index in [0.29, 0.717) is 0 Å². The van der Waals surface area contributed by atoms with Crippen LogP contribution in [0.5, 0.6) is 5.75 Å². The van der Waals surface area contributed by atoms with Crippen molar-refractivity contribution in [3.05, 3.63) is 235 Å². The lowest BCUT2D eigenvalue weighted by Gasteiger charge is -2.29. The van der Waals surface area contributed by atoms with Gasteiger partial charge in [0.25, 0.3) is 0 Å². The predicted octanol–water partition coefficient (Wildman–Crippen LogP) is 16.1. The molecule has 0 radical (unpaired) electrons. The summed E-state index contributed by atoms with van der Waals surface area (Å²) in [5.41, 5.74) is 15.6. The second kappa shape index (κ2) is 14.4. The molecule has 0 fully saturated rings.